The molecule has 1 N–H and O–H groups in total. The minimum atomic E-state index is -1.59. The Labute approximate surface area is 93.8 Å². The second kappa shape index (κ2) is 3.81. The van der Waals surface area contributed by atoms with Crippen LogP contribution in [0.25, 0.3) is 11.4 Å². The number of rotatable bonds is 1. The lowest BCUT2D eigenvalue weighted by molar-refractivity contribution is 0.450. The summed E-state index contributed by atoms with van der Waals surface area (Å²) in [5.74, 6) is -6.86. The van der Waals surface area contributed by atoms with Gasteiger partial charge < -0.3 is 0 Å². The number of hydrogen-bond acceptors (Lipinski definition) is 3. The molecule has 0 aliphatic carbocycles. The second-order valence-electron chi connectivity index (χ2n) is 2.68. The van der Waals surface area contributed by atoms with Crippen molar-refractivity contribution in [1.82, 2.24) is 20.6 Å². The molecule has 0 spiro atoms. The summed E-state index contributed by atoms with van der Waals surface area (Å²) in [6, 6.07) is 0. The number of nitrogens with zero attached hydrogens (tertiary/aromatic N) is 3. The van der Waals surface area contributed by atoms with E-state index < -0.39 is 39.1 Å². The maximum atomic E-state index is 13.3. The summed E-state index contributed by atoms with van der Waals surface area (Å²) in [7, 11) is 0. The molecule has 0 radical (unpaired) electrons. The van der Waals surface area contributed by atoms with Crippen molar-refractivity contribution in [2.45, 2.75) is 0 Å². The standard InChI is InChI=1S/C7HBrF4N4/c8-2-5(11)3(9)1(4(10)6(2)12)7-13-15-16-14-7/h(H,13,14,15,16). The molecule has 1 heterocycles. The fourth-order valence-electron chi connectivity index (χ4n) is 1.07. The first-order valence-corrected chi connectivity index (χ1v) is 4.58. The van der Waals surface area contributed by atoms with Crippen molar-refractivity contribution in [3.63, 3.8) is 0 Å². The van der Waals surface area contributed by atoms with Crippen LogP contribution in [0.4, 0.5) is 17.6 Å². The number of benzene rings is 1. The molecule has 0 aliphatic heterocycles. The van der Waals surface area contributed by atoms with Gasteiger partial charge in [-0.15, -0.1) is 10.2 Å². The predicted octanol–water partition coefficient (Wildman–Crippen LogP) is 2.19. The summed E-state index contributed by atoms with van der Waals surface area (Å²) in [5.41, 5.74) is -1.01. The van der Waals surface area contributed by atoms with E-state index in [1.54, 1.807) is 0 Å². The Morgan fingerprint density at radius 2 is 1.50 bits per heavy atom. The molecule has 0 unspecified atom stereocenters. The SMILES string of the molecule is Fc1c(F)c(-c2nn[nH]n2)c(F)c(F)c1Br. The maximum Gasteiger partial charge on any atom is 0.210 e. The first kappa shape index (κ1) is 11.0. The lowest BCUT2D eigenvalue weighted by atomic mass is 10.1. The molecule has 16 heavy (non-hydrogen) atoms. The highest BCUT2D eigenvalue weighted by Crippen LogP contribution is 2.32. The van der Waals surface area contributed by atoms with E-state index in [2.05, 4.69) is 31.3 Å². The van der Waals surface area contributed by atoms with E-state index in [0.29, 0.717) is 0 Å². The quantitative estimate of drug-likeness (QED) is 0.499. The summed E-state index contributed by atoms with van der Waals surface area (Å²) >= 11 is 2.38. The van der Waals surface area contributed by atoms with Gasteiger partial charge in [0.25, 0.3) is 0 Å². The minimum absolute atomic E-state index is 0.569. The molecular weight excluding hydrogens is 296 g/mol. The average Bonchev–Trinajstić information content (AvgIpc) is 2.77. The van der Waals surface area contributed by atoms with Crippen LogP contribution < -0.4 is 0 Å². The second-order valence-corrected chi connectivity index (χ2v) is 3.47. The van der Waals surface area contributed by atoms with Crippen molar-refractivity contribution in [2.24, 2.45) is 0 Å². The molecule has 0 aliphatic rings. The van der Waals surface area contributed by atoms with Gasteiger partial charge in [-0.3, -0.25) is 0 Å². The molecule has 84 valence electrons. The van der Waals surface area contributed by atoms with Gasteiger partial charge in [-0.05, 0) is 21.1 Å². The van der Waals surface area contributed by atoms with Gasteiger partial charge in [-0.1, -0.05) is 0 Å². The van der Waals surface area contributed by atoms with Crippen LogP contribution in [0.2, 0.25) is 0 Å². The van der Waals surface area contributed by atoms with Gasteiger partial charge in [0, 0.05) is 0 Å². The molecular formula is C7HBrF4N4. The molecule has 0 amide bonds. The van der Waals surface area contributed by atoms with Crippen LogP contribution in [0.1, 0.15) is 0 Å². The molecule has 0 fully saturated rings. The Morgan fingerprint density at radius 1 is 0.938 bits per heavy atom. The largest absolute Gasteiger partial charge is 0.210 e. The van der Waals surface area contributed by atoms with Crippen molar-refractivity contribution in [2.75, 3.05) is 0 Å². The zero-order valence-electron chi connectivity index (χ0n) is 7.23. The summed E-state index contributed by atoms with van der Waals surface area (Å²) in [4.78, 5) is 0. The van der Waals surface area contributed by atoms with Crippen LogP contribution in [0.5, 0.6) is 0 Å². The molecule has 0 atom stereocenters. The highest BCUT2D eigenvalue weighted by Gasteiger charge is 2.27. The van der Waals surface area contributed by atoms with Gasteiger partial charge in [0.15, 0.2) is 23.3 Å². The lowest BCUT2D eigenvalue weighted by Gasteiger charge is -2.05. The summed E-state index contributed by atoms with van der Waals surface area (Å²) < 4.78 is 52.0. The van der Waals surface area contributed by atoms with Crippen molar-refractivity contribution in [3.8, 4) is 11.4 Å². The van der Waals surface area contributed by atoms with E-state index in [9.17, 15) is 17.6 Å². The summed E-state index contributed by atoms with van der Waals surface area (Å²) in [5, 5.41) is 11.4. The first-order valence-electron chi connectivity index (χ1n) is 3.79. The van der Waals surface area contributed by atoms with E-state index in [0.717, 1.165) is 0 Å². The Morgan fingerprint density at radius 3 is 1.94 bits per heavy atom. The van der Waals surface area contributed by atoms with Crippen LogP contribution in [-0.2, 0) is 0 Å². The normalized spacial score (nSPS) is 10.8. The number of aromatic amines is 1. The van der Waals surface area contributed by atoms with Crippen LogP contribution in [0.3, 0.4) is 0 Å². The summed E-state index contributed by atoms with van der Waals surface area (Å²) in [6.45, 7) is 0. The third-order valence-electron chi connectivity index (χ3n) is 1.78. The van der Waals surface area contributed by atoms with E-state index in [-0.39, 0.29) is 0 Å². The smallest absolute Gasteiger partial charge is 0.203 e. The minimum Gasteiger partial charge on any atom is -0.203 e. The number of tetrazole rings is 1. The molecule has 0 saturated carbocycles. The molecule has 1 aromatic carbocycles. The van der Waals surface area contributed by atoms with Gasteiger partial charge in [-0.2, -0.15) is 5.21 Å². The zero-order chi connectivity index (χ0) is 11.9. The van der Waals surface area contributed by atoms with E-state index in [4.69, 9.17) is 0 Å². The van der Waals surface area contributed by atoms with Crippen LogP contribution in [0.15, 0.2) is 4.47 Å². The Balaban J connectivity index is 2.81. The highest BCUT2D eigenvalue weighted by molar-refractivity contribution is 9.10. The molecule has 9 heteroatoms. The van der Waals surface area contributed by atoms with Crippen molar-refractivity contribution in [1.29, 1.82) is 0 Å². The number of aromatic nitrogens is 4. The van der Waals surface area contributed by atoms with Gasteiger partial charge in [0.1, 0.15) is 5.56 Å². The van der Waals surface area contributed by atoms with E-state index in [1.165, 1.54) is 0 Å². The molecule has 1 aromatic heterocycles. The van der Waals surface area contributed by atoms with Gasteiger partial charge >= 0.3 is 0 Å². The zero-order valence-corrected chi connectivity index (χ0v) is 8.82. The number of hydrogen-bond donors (Lipinski definition) is 1. The van der Waals surface area contributed by atoms with Crippen molar-refractivity contribution in [3.05, 3.63) is 27.7 Å². The maximum absolute atomic E-state index is 13.3. The Kier molecular flexibility index (Phi) is 2.62. The first-order chi connectivity index (χ1) is 7.54. The van der Waals surface area contributed by atoms with Gasteiger partial charge in [-0.25, -0.2) is 17.6 Å². The number of H-pyrrole nitrogens is 1. The molecule has 4 nitrogen and oxygen atoms in total. The monoisotopic (exact) mass is 296 g/mol. The number of nitrogens with one attached hydrogen (secondary N) is 1. The van der Waals surface area contributed by atoms with Crippen molar-refractivity contribution >= 4 is 15.9 Å². The Hall–Kier alpha value is -1.51. The van der Waals surface area contributed by atoms with Crippen molar-refractivity contribution < 1.29 is 17.6 Å². The van der Waals surface area contributed by atoms with Gasteiger partial charge in [0.2, 0.25) is 5.82 Å². The molecule has 0 bridgehead atoms. The van der Waals surface area contributed by atoms with Crippen LogP contribution >= 0.6 is 15.9 Å². The predicted molar refractivity (Wildman–Crippen MR) is 47.1 cm³/mol. The lowest BCUT2D eigenvalue weighted by Crippen LogP contribution is -2.02. The third-order valence-corrected chi connectivity index (χ3v) is 2.47. The fraction of sp³-hybridized carbons (Fsp3) is 0. The topological polar surface area (TPSA) is 54.5 Å². The van der Waals surface area contributed by atoms with Crippen LogP contribution in [-0.4, -0.2) is 20.6 Å². The molecule has 0 saturated heterocycles. The molecule has 2 aromatic rings. The van der Waals surface area contributed by atoms with Gasteiger partial charge in [0.05, 0.1) is 4.47 Å². The molecule has 2 rings (SSSR count). The fourth-order valence-corrected chi connectivity index (χ4v) is 1.42. The van der Waals surface area contributed by atoms with E-state index in [1.807, 2.05) is 5.21 Å². The van der Waals surface area contributed by atoms with E-state index >= 15 is 0 Å². The summed E-state index contributed by atoms with van der Waals surface area (Å²) in [6.07, 6.45) is 0. The third kappa shape index (κ3) is 1.47. The average molecular weight is 297 g/mol. The highest BCUT2D eigenvalue weighted by atomic mass is 79.9. The van der Waals surface area contributed by atoms with Crippen LogP contribution in [0, 0.1) is 23.3 Å². The number of halogens is 5. The Bertz CT molecular complexity index is 513.